The van der Waals surface area contributed by atoms with E-state index < -0.39 is 0 Å². The molecule has 3 aromatic rings. The lowest BCUT2D eigenvalue weighted by atomic mass is 9.72. The third-order valence-electron chi connectivity index (χ3n) is 4.99. The Morgan fingerprint density at radius 2 is 1.56 bits per heavy atom. The van der Waals surface area contributed by atoms with Crippen LogP contribution >= 0.6 is 0 Å². The smallest absolute Gasteiger partial charge is 0.149 e. The van der Waals surface area contributed by atoms with Gasteiger partial charge in [-0.2, -0.15) is 0 Å². The van der Waals surface area contributed by atoms with E-state index in [4.69, 9.17) is 14.9 Å². The van der Waals surface area contributed by atoms with Crippen molar-refractivity contribution in [2.45, 2.75) is 59.8 Å². The van der Waals surface area contributed by atoms with Gasteiger partial charge in [0.05, 0.1) is 7.11 Å². The van der Waals surface area contributed by atoms with Crippen LogP contribution in [-0.2, 0) is 11.8 Å². The highest BCUT2D eigenvalue weighted by molar-refractivity contribution is 5.73. The van der Waals surface area contributed by atoms with Gasteiger partial charge in [0, 0.05) is 0 Å². The summed E-state index contributed by atoms with van der Waals surface area (Å²) in [6.07, 6.45) is 1.99. The van der Waals surface area contributed by atoms with Crippen molar-refractivity contribution >= 4 is 11.0 Å². The first-order valence-corrected chi connectivity index (χ1v) is 9.68. The van der Waals surface area contributed by atoms with Crippen LogP contribution < -0.4 is 4.74 Å². The lowest BCUT2D eigenvalue weighted by Crippen LogP contribution is -2.25. The third kappa shape index (κ3) is 4.00. The Bertz CT molecular complexity index is 915. The molecule has 0 fully saturated rings. The fraction of sp³-hybridized carbons (Fsp3) is 0.478. The highest BCUT2D eigenvalue weighted by Gasteiger charge is 2.29. The summed E-state index contributed by atoms with van der Waals surface area (Å²) in [5, 5.41) is 9.38. The number of hydrogen-bond acceptors (Lipinski definition) is 3. The molecular weight excluding hydrogens is 334 g/mol. The minimum atomic E-state index is 0.0375. The van der Waals surface area contributed by atoms with Gasteiger partial charge in [-0.1, -0.05) is 59.7 Å². The van der Waals surface area contributed by atoms with Crippen LogP contribution in [0.25, 0.3) is 16.7 Å². The molecule has 4 nitrogen and oxygen atoms in total. The maximum Gasteiger partial charge on any atom is 0.149 e. The summed E-state index contributed by atoms with van der Waals surface area (Å²) in [7, 11) is 1.72. The number of nitrogens with zero attached hydrogens (tertiary/aromatic N) is 3. The van der Waals surface area contributed by atoms with E-state index in [1.807, 2.05) is 24.3 Å². The van der Waals surface area contributed by atoms with Crippen molar-refractivity contribution in [2.75, 3.05) is 7.11 Å². The van der Waals surface area contributed by atoms with Crippen molar-refractivity contribution in [3.63, 3.8) is 0 Å². The van der Waals surface area contributed by atoms with Crippen molar-refractivity contribution in [2.24, 2.45) is 5.41 Å². The molecule has 1 heterocycles. The van der Waals surface area contributed by atoms with E-state index in [2.05, 4.69) is 53.7 Å². The zero-order chi connectivity index (χ0) is 19.8. The molecule has 0 spiro atoms. The van der Waals surface area contributed by atoms with Crippen molar-refractivity contribution in [1.82, 2.24) is 15.0 Å². The van der Waals surface area contributed by atoms with Crippen LogP contribution in [0.1, 0.15) is 59.1 Å². The van der Waals surface area contributed by atoms with E-state index in [0.29, 0.717) is 0 Å². The normalized spacial score (nSPS) is 12.6. The van der Waals surface area contributed by atoms with Gasteiger partial charge in [0.2, 0.25) is 0 Å². The molecule has 0 N–H and O–H groups in total. The van der Waals surface area contributed by atoms with Crippen LogP contribution in [0.3, 0.4) is 0 Å². The Morgan fingerprint density at radius 3 is 2.04 bits per heavy atom. The standard InChI is InChI=1S/C23H31N3O/c1-8-16-13-17(23(5,6)15-22(2,3)4)14-20(21(16)27-7)26-24-18-11-9-10-12-19(18)25-26/h9-14H,8,15H2,1-7H3. The predicted octanol–water partition coefficient (Wildman–Crippen LogP) is 5.71. The van der Waals surface area contributed by atoms with E-state index in [1.54, 1.807) is 11.9 Å². The minimum absolute atomic E-state index is 0.0375. The van der Waals surface area contributed by atoms with Crippen LogP contribution in [0.15, 0.2) is 36.4 Å². The zero-order valence-corrected chi connectivity index (χ0v) is 17.6. The number of ether oxygens (including phenoxy) is 1. The predicted molar refractivity (Wildman–Crippen MR) is 112 cm³/mol. The van der Waals surface area contributed by atoms with E-state index >= 15 is 0 Å². The number of aryl methyl sites for hydroxylation is 1. The molecule has 3 rings (SSSR count). The second-order valence-corrected chi connectivity index (χ2v) is 9.14. The van der Waals surface area contributed by atoms with Crippen molar-refractivity contribution in [3.05, 3.63) is 47.5 Å². The highest BCUT2D eigenvalue weighted by Crippen LogP contribution is 2.40. The van der Waals surface area contributed by atoms with Gasteiger partial charge in [0.25, 0.3) is 0 Å². The summed E-state index contributed by atoms with van der Waals surface area (Å²) < 4.78 is 5.79. The monoisotopic (exact) mass is 365 g/mol. The molecule has 0 radical (unpaired) electrons. The van der Waals surface area contributed by atoms with Gasteiger partial charge in [-0.25, -0.2) is 0 Å². The molecular formula is C23H31N3O. The summed E-state index contributed by atoms with van der Waals surface area (Å²) in [6, 6.07) is 12.4. The molecule has 27 heavy (non-hydrogen) atoms. The quantitative estimate of drug-likeness (QED) is 0.582. The van der Waals surface area contributed by atoms with Gasteiger partial charge < -0.3 is 4.74 Å². The fourth-order valence-electron chi connectivity index (χ4n) is 4.11. The number of rotatable bonds is 5. The average Bonchev–Trinajstić information content (AvgIpc) is 3.02. The van der Waals surface area contributed by atoms with Gasteiger partial charge in [0.1, 0.15) is 22.5 Å². The van der Waals surface area contributed by atoms with Gasteiger partial charge in [-0.05, 0) is 53.0 Å². The van der Waals surface area contributed by atoms with Gasteiger partial charge in [0.15, 0.2) is 0 Å². The maximum atomic E-state index is 5.79. The molecule has 0 aliphatic carbocycles. The first-order valence-electron chi connectivity index (χ1n) is 9.68. The Morgan fingerprint density at radius 1 is 0.963 bits per heavy atom. The lowest BCUT2D eigenvalue weighted by Gasteiger charge is -2.34. The lowest BCUT2D eigenvalue weighted by molar-refractivity contribution is 0.283. The Labute approximate surface area is 162 Å². The molecule has 0 bridgehead atoms. The number of aromatic nitrogens is 3. The summed E-state index contributed by atoms with van der Waals surface area (Å²) >= 11 is 0. The molecule has 2 aromatic carbocycles. The molecule has 0 saturated heterocycles. The van der Waals surface area contributed by atoms with E-state index in [-0.39, 0.29) is 10.8 Å². The maximum absolute atomic E-state index is 5.79. The Kier molecular flexibility index (Phi) is 5.02. The van der Waals surface area contributed by atoms with Crippen LogP contribution in [0.5, 0.6) is 5.75 Å². The molecule has 0 amide bonds. The largest absolute Gasteiger partial charge is 0.494 e. The number of fused-ring (bicyclic) bond motifs is 1. The summed E-state index contributed by atoms with van der Waals surface area (Å²) in [5.41, 5.74) is 5.45. The SMILES string of the molecule is CCc1cc(C(C)(C)CC(C)(C)C)cc(-n2nc3ccccc3n2)c1OC. The molecule has 144 valence electrons. The van der Waals surface area contributed by atoms with Crippen LogP contribution in [0.2, 0.25) is 0 Å². The van der Waals surface area contributed by atoms with Gasteiger partial charge in [-0.15, -0.1) is 15.0 Å². The minimum Gasteiger partial charge on any atom is -0.494 e. The van der Waals surface area contributed by atoms with E-state index in [1.165, 1.54) is 11.1 Å². The molecule has 0 aliphatic rings. The van der Waals surface area contributed by atoms with Crippen molar-refractivity contribution in [3.8, 4) is 11.4 Å². The number of hydrogen-bond donors (Lipinski definition) is 0. The van der Waals surface area contributed by atoms with Crippen LogP contribution in [0.4, 0.5) is 0 Å². The molecule has 0 atom stereocenters. The van der Waals surface area contributed by atoms with Crippen LogP contribution in [-0.4, -0.2) is 22.1 Å². The molecule has 0 aliphatic heterocycles. The first kappa shape index (κ1) is 19.4. The second kappa shape index (κ2) is 6.99. The number of methoxy groups -OCH3 is 1. The Balaban J connectivity index is 2.20. The fourth-order valence-corrected chi connectivity index (χ4v) is 4.11. The summed E-state index contributed by atoms with van der Waals surface area (Å²) in [4.78, 5) is 1.72. The zero-order valence-electron chi connectivity index (χ0n) is 17.6. The van der Waals surface area contributed by atoms with Crippen LogP contribution in [0, 0.1) is 5.41 Å². The molecule has 4 heteroatoms. The molecule has 0 unspecified atom stereocenters. The Hall–Kier alpha value is -2.36. The number of benzene rings is 2. The van der Waals surface area contributed by atoms with E-state index in [0.717, 1.165) is 35.3 Å². The second-order valence-electron chi connectivity index (χ2n) is 9.14. The third-order valence-corrected chi connectivity index (χ3v) is 4.99. The molecule has 1 aromatic heterocycles. The first-order chi connectivity index (χ1) is 12.6. The van der Waals surface area contributed by atoms with E-state index in [9.17, 15) is 0 Å². The van der Waals surface area contributed by atoms with Crippen molar-refractivity contribution < 1.29 is 4.74 Å². The van der Waals surface area contributed by atoms with Crippen molar-refractivity contribution in [1.29, 1.82) is 0 Å². The van der Waals surface area contributed by atoms with Gasteiger partial charge in [-0.3, -0.25) is 0 Å². The topological polar surface area (TPSA) is 39.9 Å². The average molecular weight is 366 g/mol. The van der Waals surface area contributed by atoms with Gasteiger partial charge >= 0.3 is 0 Å². The molecule has 0 saturated carbocycles. The summed E-state index contributed by atoms with van der Waals surface area (Å²) in [6.45, 7) is 13.7. The summed E-state index contributed by atoms with van der Waals surface area (Å²) in [5.74, 6) is 0.855. The highest BCUT2D eigenvalue weighted by atomic mass is 16.5.